The van der Waals surface area contributed by atoms with Gasteiger partial charge in [0.15, 0.2) is 5.79 Å². The molecule has 2 N–H and O–H groups in total. The van der Waals surface area contributed by atoms with Crippen molar-refractivity contribution in [2.24, 2.45) is 5.73 Å². The molecule has 0 aliphatic carbocycles. The average molecular weight is 603 g/mol. The fourth-order valence-corrected chi connectivity index (χ4v) is 5.18. The Morgan fingerprint density at radius 1 is 1.09 bits per heavy atom. The van der Waals surface area contributed by atoms with Crippen LogP contribution in [0.1, 0.15) is 42.6 Å². The lowest BCUT2D eigenvalue weighted by molar-refractivity contribution is -0.274. The number of aromatic nitrogens is 2. The average Bonchev–Trinajstić information content (AvgIpc) is 3.55. The summed E-state index contributed by atoms with van der Waals surface area (Å²) in [4.78, 5) is 26.8. The largest absolute Gasteiger partial charge is 0.573 e. The molecule has 13 heteroatoms. The van der Waals surface area contributed by atoms with Gasteiger partial charge in [-0.1, -0.05) is 18.2 Å². The second-order valence-electron chi connectivity index (χ2n) is 11.0. The number of carbonyl (C=O) groups is 2. The number of hydrogen-bond donors (Lipinski definition) is 1. The molecule has 2 aliphatic heterocycles. The summed E-state index contributed by atoms with van der Waals surface area (Å²) in [6, 6.07) is 10.5. The highest BCUT2D eigenvalue weighted by Gasteiger charge is 2.33. The summed E-state index contributed by atoms with van der Waals surface area (Å²) in [6.45, 7) is 5.62. The molecule has 2 fully saturated rings. The van der Waals surface area contributed by atoms with Gasteiger partial charge in [0.25, 0.3) is 5.91 Å². The van der Waals surface area contributed by atoms with Gasteiger partial charge in [-0.2, -0.15) is 5.10 Å². The summed E-state index contributed by atoms with van der Waals surface area (Å²) in [5.74, 6) is -1.35. The SMILES string of the molecule is CC1(C)OCC(Cn2cc(-c3ccc(OC4CCN(C(=O)Cc5ccc(OC(F)(F)F)cc5)CC4)c(C(N)=O)c3)cn2)O1. The Kier molecular flexibility index (Phi) is 8.65. The molecule has 230 valence electrons. The molecule has 1 unspecified atom stereocenters. The number of rotatable bonds is 9. The first kappa shape index (κ1) is 30.4. The molecular weight excluding hydrogens is 569 g/mol. The van der Waals surface area contributed by atoms with Crippen LogP contribution in [0, 0.1) is 0 Å². The maximum Gasteiger partial charge on any atom is 0.573 e. The Balaban J connectivity index is 1.15. The Morgan fingerprint density at radius 2 is 1.81 bits per heavy atom. The number of primary amides is 1. The van der Waals surface area contributed by atoms with E-state index in [9.17, 15) is 22.8 Å². The van der Waals surface area contributed by atoms with Crippen molar-refractivity contribution in [1.29, 1.82) is 0 Å². The Morgan fingerprint density at radius 3 is 2.44 bits per heavy atom. The van der Waals surface area contributed by atoms with Crippen molar-refractivity contribution >= 4 is 11.8 Å². The van der Waals surface area contributed by atoms with Gasteiger partial charge in [0, 0.05) is 37.7 Å². The molecule has 0 bridgehead atoms. The van der Waals surface area contributed by atoms with Crippen LogP contribution in [-0.2, 0) is 27.2 Å². The molecule has 0 radical (unpaired) electrons. The molecule has 2 aromatic carbocycles. The first-order valence-electron chi connectivity index (χ1n) is 13.9. The van der Waals surface area contributed by atoms with Crippen molar-refractivity contribution in [3.63, 3.8) is 0 Å². The van der Waals surface area contributed by atoms with E-state index in [0.29, 0.717) is 50.4 Å². The fraction of sp³-hybridized carbons (Fsp3) is 0.433. The number of carbonyl (C=O) groups excluding carboxylic acids is 2. The summed E-state index contributed by atoms with van der Waals surface area (Å²) in [5, 5.41) is 4.41. The minimum absolute atomic E-state index is 0.0567. The van der Waals surface area contributed by atoms with Gasteiger partial charge >= 0.3 is 6.36 Å². The molecule has 5 rings (SSSR count). The number of hydrogen-bond acceptors (Lipinski definition) is 7. The molecule has 3 heterocycles. The van der Waals surface area contributed by atoms with Crippen LogP contribution >= 0.6 is 0 Å². The van der Waals surface area contributed by atoms with E-state index in [2.05, 4.69) is 9.84 Å². The molecule has 3 aromatic rings. The Bertz CT molecular complexity index is 1450. The third-order valence-corrected chi connectivity index (χ3v) is 7.27. The second kappa shape index (κ2) is 12.3. The minimum atomic E-state index is -4.77. The van der Waals surface area contributed by atoms with Gasteiger partial charge in [0.2, 0.25) is 5.91 Å². The topological polar surface area (TPSA) is 118 Å². The minimum Gasteiger partial charge on any atom is -0.489 e. The Labute approximate surface area is 246 Å². The quantitative estimate of drug-likeness (QED) is 0.388. The third-order valence-electron chi connectivity index (χ3n) is 7.27. The molecule has 2 aliphatic rings. The number of benzene rings is 2. The van der Waals surface area contributed by atoms with Gasteiger partial charge in [-0.05, 0) is 49.2 Å². The first-order chi connectivity index (χ1) is 20.3. The Hall–Kier alpha value is -4.10. The third kappa shape index (κ3) is 8.05. The number of ether oxygens (including phenoxy) is 4. The van der Waals surface area contributed by atoms with Crippen molar-refractivity contribution in [3.8, 4) is 22.6 Å². The second-order valence-corrected chi connectivity index (χ2v) is 11.0. The van der Waals surface area contributed by atoms with Crippen molar-refractivity contribution in [2.75, 3.05) is 19.7 Å². The number of piperidine rings is 1. The molecule has 1 aromatic heterocycles. The number of halogens is 3. The van der Waals surface area contributed by atoms with Crippen LogP contribution in [0.4, 0.5) is 13.2 Å². The van der Waals surface area contributed by atoms with E-state index in [0.717, 1.165) is 11.1 Å². The molecule has 0 saturated carbocycles. The van der Waals surface area contributed by atoms with Crippen molar-refractivity contribution in [2.45, 2.75) is 64.0 Å². The summed E-state index contributed by atoms with van der Waals surface area (Å²) in [6.07, 6.45) is -0.400. The maximum absolute atomic E-state index is 12.8. The van der Waals surface area contributed by atoms with E-state index >= 15 is 0 Å². The molecule has 0 spiro atoms. The van der Waals surface area contributed by atoms with Crippen LogP contribution in [0.15, 0.2) is 54.9 Å². The van der Waals surface area contributed by atoms with Gasteiger partial charge < -0.3 is 29.6 Å². The zero-order valence-electron chi connectivity index (χ0n) is 23.8. The van der Waals surface area contributed by atoms with Crippen LogP contribution in [0.5, 0.6) is 11.5 Å². The van der Waals surface area contributed by atoms with E-state index < -0.39 is 18.1 Å². The number of nitrogens with zero attached hydrogens (tertiary/aromatic N) is 3. The summed E-state index contributed by atoms with van der Waals surface area (Å²) in [5.41, 5.74) is 8.09. The molecular formula is C30H33F3N4O6. The highest BCUT2D eigenvalue weighted by molar-refractivity contribution is 5.97. The highest BCUT2D eigenvalue weighted by atomic mass is 19.4. The van der Waals surface area contributed by atoms with Crippen molar-refractivity contribution < 1.29 is 41.7 Å². The molecule has 43 heavy (non-hydrogen) atoms. The lowest BCUT2D eigenvalue weighted by atomic mass is 10.0. The van der Waals surface area contributed by atoms with Gasteiger partial charge in [0.1, 0.15) is 23.7 Å². The number of nitrogens with two attached hydrogens (primary N) is 1. The number of likely N-dealkylation sites (tertiary alicyclic amines) is 1. The van der Waals surface area contributed by atoms with Gasteiger partial charge in [-0.25, -0.2) is 0 Å². The normalized spacial score (nSPS) is 18.9. The van der Waals surface area contributed by atoms with Crippen LogP contribution in [0.3, 0.4) is 0 Å². The van der Waals surface area contributed by atoms with Crippen LogP contribution in [0.25, 0.3) is 11.1 Å². The van der Waals surface area contributed by atoms with E-state index in [4.69, 9.17) is 19.9 Å². The molecule has 10 nitrogen and oxygen atoms in total. The van der Waals surface area contributed by atoms with Gasteiger partial charge in [-0.3, -0.25) is 14.3 Å². The van der Waals surface area contributed by atoms with E-state index in [1.165, 1.54) is 24.3 Å². The van der Waals surface area contributed by atoms with Crippen LogP contribution in [-0.4, -0.2) is 70.5 Å². The molecule has 2 amide bonds. The molecule has 1 atom stereocenters. The van der Waals surface area contributed by atoms with Crippen molar-refractivity contribution in [1.82, 2.24) is 14.7 Å². The molecule has 2 saturated heterocycles. The van der Waals surface area contributed by atoms with Gasteiger partial charge in [-0.15, -0.1) is 13.2 Å². The zero-order valence-corrected chi connectivity index (χ0v) is 23.8. The predicted octanol–water partition coefficient (Wildman–Crippen LogP) is 4.31. The lowest BCUT2D eigenvalue weighted by Gasteiger charge is -2.32. The smallest absolute Gasteiger partial charge is 0.489 e. The zero-order chi connectivity index (χ0) is 30.8. The summed E-state index contributed by atoms with van der Waals surface area (Å²) >= 11 is 0. The van der Waals surface area contributed by atoms with Crippen LogP contribution in [0.2, 0.25) is 0 Å². The number of alkyl halides is 3. The first-order valence-corrected chi connectivity index (χ1v) is 13.9. The van der Waals surface area contributed by atoms with E-state index in [1.807, 2.05) is 26.1 Å². The standard InChI is InChI=1S/C30H33F3N4O6/c1-29(2)40-18-24(42-29)17-37-16-21(15-35-37)20-5-8-26(25(14-20)28(34)39)41-22-9-11-36(12-10-22)27(38)13-19-3-6-23(7-4-19)43-30(31,32)33/h3-8,14-16,22,24H,9-13,17-18H2,1-2H3,(H2,34,39). The van der Waals surface area contributed by atoms with Crippen molar-refractivity contribution in [3.05, 3.63) is 66.0 Å². The highest BCUT2D eigenvalue weighted by Crippen LogP contribution is 2.30. The number of amides is 2. The van der Waals surface area contributed by atoms with E-state index in [1.54, 1.807) is 27.9 Å². The summed E-state index contributed by atoms with van der Waals surface area (Å²) in [7, 11) is 0. The van der Waals surface area contributed by atoms with Crippen LogP contribution < -0.4 is 15.2 Å². The lowest BCUT2D eigenvalue weighted by Crippen LogP contribution is -2.42. The monoisotopic (exact) mass is 602 g/mol. The summed E-state index contributed by atoms with van der Waals surface area (Å²) < 4.78 is 60.3. The maximum atomic E-state index is 12.8. The van der Waals surface area contributed by atoms with Gasteiger partial charge in [0.05, 0.1) is 31.3 Å². The predicted molar refractivity (Wildman–Crippen MR) is 148 cm³/mol. The van der Waals surface area contributed by atoms with E-state index in [-0.39, 0.29) is 35.8 Å². The fourth-order valence-electron chi connectivity index (χ4n) is 5.18.